The molecule has 0 saturated heterocycles. The van der Waals surface area contributed by atoms with Crippen LogP contribution in [0.2, 0.25) is 18.1 Å². The van der Waals surface area contributed by atoms with Crippen molar-refractivity contribution in [3.8, 4) is 0 Å². The van der Waals surface area contributed by atoms with Gasteiger partial charge in [0, 0.05) is 10.3 Å². The fourth-order valence-corrected chi connectivity index (χ4v) is 3.50. The number of rotatable bonds is 6. The largest absolute Gasteiger partial charge is 0.410 e. The van der Waals surface area contributed by atoms with Gasteiger partial charge in [-0.1, -0.05) is 68.0 Å². The maximum Gasteiger partial charge on any atom is 0.192 e. The second-order valence-electron chi connectivity index (χ2n) is 7.34. The van der Waals surface area contributed by atoms with Crippen molar-refractivity contribution < 1.29 is 4.43 Å². The Morgan fingerprint density at radius 1 is 1.25 bits per heavy atom. The van der Waals surface area contributed by atoms with Gasteiger partial charge in [0.1, 0.15) is 0 Å². The first kappa shape index (κ1) is 20.4. The number of halogens is 1. The molecule has 20 heavy (non-hydrogen) atoms. The second kappa shape index (κ2) is 8.13. The number of hydrogen-bond donors (Lipinski definition) is 0. The molecule has 0 aliphatic carbocycles. The number of alkyl halides is 1. The summed E-state index contributed by atoms with van der Waals surface area (Å²) in [6, 6.07) is 0. The van der Waals surface area contributed by atoms with Crippen LogP contribution in [0, 0.1) is 5.92 Å². The molecule has 0 aliphatic rings. The summed E-state index contributed by atoms with van der Waals surface area (Å²) < 4.78 is 7.77. The van der Waals surface area contributed by atoms with E-state index < -0.39 is 8.32 Å². The Balaban J connectivity index is 5.31. The Bertz CT molecular complexity index is 364. The highest BCUT2D eigenvalue weighted by Crippen LogP contribution is 2.39. The molecular weight excluding hydrogens is 375 g/mol. The van der Waals surface area contributed by atoms with Crippen molar-refractivity contribution in [2.24, 2.45) is 5.92 Å². The standard InChI is InChI=1S/C17H33IOSi/c1-10-14(3)16(15(4)11-13(2)12-18)19-20(8,9)17(5,6)7/h10-11,15-16H,12H2,1-9H3/b13-11+,14-10+/t15-,16+/m1/s1. The lowest BCUT2D eigenvalue weighted by Gasteiger charge is -2.41. The quantitative estimate of drug-likeness (QED) is 0.215. The summed E-state index contributed by atoms with van der Waals surface area (Å²) in [5.74, 6) is 0.426. The SMILES string of the molecule is C/C=C(\C)[C@H](O[Si](C)(C)C(C)(C)C)[C@H](C)/C=C(\C)CI. The molecule has 0 aromatic heterocycles. The van der Waals surface area contributed by atoms with E-state index in [1.807, 2.05) is 0 Å². The van der Waals surface area contributed by atoms with Gasteiger partial charge in [-0.15, -0.1) is 0 Å². The van der Waals surface area contributed by atoms with Crippen molar-refractivity contribution in [2.45, 2.75) is 72.7 Å². The molecule has 118 valence electrons. The predicted octanol–water partition coefficient (Wildman–Crippen LogP) is 6.36. The topological polar surface area (TPSA) is 9.23 Å². The molecule has 0 N–H and O–H groups in total. The zero-order valence-electron chi connectivity index (χ0n) is 14.8. The van der Waals surface area contributed by atoms with Gasteiger partial charge in [-0.2, -0.15) is 0 Å². The molecule has 0 spiro atoms. The molecule has 3 heteroatoms. The number of hydrogen-bond acceptors (Lipinski definition) is 1. The van der Waals surface area contributed by atoms with E-state index in [2.05, 4.69) is 96.3 Å². The van der Waals surface area contributed by atoms with Crippen molar-refractivity contribution >= 4 is 30.9 Å². The lowest BCUT2D eigenvalue weighted by Crippen LogP contribution is -2.45. The highest BCUT2D eigenvalue weighted by atomic mass is 127. The molecule has 0 unspecified atom stereocenters. The van der Waals surface area contributed by atoms with E-state index in [-0.39, 0.29) is 11.1 Å². The molecular formula is C17H33IOSi. The van der Waals surface area contributed by atoms with E-state index in [0.29, 0.717) is 5.92 Å². The van der Waals surface area contributed by atoms with Crippen molar-refractivity contribution in [2.75, 3.05) is 4.43 Å². The molecule has 0 heterocycles. The van der Waals surface area contributed by atoms with Crippen molar-refractivity contribution in [3.63, 3.8) is 0 Å². The molecule has 0 rings (SSSR count). The highest BCUT2D eigenvalue weighted by Gasteiger charge is 2.40. The van der Waals surface area contributed by atoms with Crippen LogP contribution in [-0.4, -0.2) is 18.8 Å². The Morgan fingerprint density at radius 2 is 1.75 bits per heavy atom. The fourth-order valence-electron chi connectivity index (χ4n) is 1.85. The lowest BCUT2D eigenvalue weighted by molar-refractivity contribution is 0.178. The summed E-state index contributed by atoms with van der Waals surface area (Å²) in [4.78, 5) is 0. The Hall–Kier alpha value is 0.387. The second-order valence-corrected chi connectivity index (χ2v) is 12.9. The van der Waals surface area contributed by atoms with Crippen LogP contribution in [0.3, 0.4) is 0 Å². The molecule has 0 aliphatic heterocycles. The van der Waals surface area contributed by atoms with Crippen molar-refractivity contribution in [1.82, 2.24) is 0 Å². The van der Waals surface area contributed by atoms with Gasteiger partial charge in [-0.3, -0.25) is 0 Å². The van der Waals surface area contributed by atoms with Crippen molar-refractivity contribution in [1.29, 1.82) is 0 Å². The van der Waals surface area contributed by atoms with Gasteiger partial charge in [0.05, 0.1) is 6.10 Å². The minimum absolute atomic E-state index is 0.207. The monoisotopic (exact) mass is 408 g/mol. The zero-order chi connectivity index (χ0) is 16.1. The van der Waals surface area contributed by atoms with Crippen LogP contribution in [0.5, 0.6) is 0 Å². The smallest absolute Gasteiger partial charge is 0.192 e. The summed E-state index contributed by atoms with van der Waals surface area (Å²) in [6.45, 7) is 20.4. The van der Waals surface area contributed by atoms with E-state index >= 15 is 0 Å². The first-order valence-electron chi connectivity index (χ1n) is 7.50. The molecule has 2 atom stereocenters. The van der Waals surface area contributed by atoms with Crippen LogP contribution in [0.1, 0.15) is 48.5 Å². The summed E-state index contributed by atoms with van der Waals surface area (Å²) in [6.07, 6.45) is 4.78. The Morgan fingerprint density at radius 3 is 2.10 bits per heavy atom. The highest BCUT2D eigenvalue weighted by molar-refractivity contribution is 14.1. The van der Waals surface area contributed by atoms with Gasteiger partial charge in [0.15, 0.2) is 8.32 Å². The average molecular weight is 408 g/mol. The first-order chi connectivity index (χ1) is 8.96. The molecule has 0 aromatic carbocycles. The van der Waals surface area contributed by atoms with Gasteiger partial charge in [-0.25, -0.2) is 0 Å². The van der Waals surface area contributed by atoms with Crippen LogP contribution >= 0.6 is 22.6 Å². The lowest BCUT2D eigenvalue weighted by atomic mass is 9.96. The third-order valence-corrected chi connectivity index (χ3v) is 10.0. The van der Waals surface area contributed by atoms with Crippen molar-refractivity contribution in [3.05, 3.63) is 23.3 Å². The average Bonchev–Trinajstić information content (AvgIpc) is 2.33. The van der Waals surface area contributed by atoms with Gasteiger partial charge in [0.25, 0.3) is 0 Å². The molecule has 0 saturated carbocycles. The zero-order valence-corrected chi connectivity index (χ0v) is 18.0. The van der Waals surface area contributed by atoms with Gasteiger partial charge >= 0.3 is 0 Å². The summed E-state index contributed by atoms with van der Waals surface area (Å²) >= 11 is 2.42. The Kier molecular flexibility index (Phi) is 8.29. The minimum Gasteiger partial charge on any atom is -0.410 e. The molecule has 0 aromatic rings. The summed E-state index contributed by atoms with van der Waals surface area (Å²) in [5.41, 5.74) is 2.78. The predicted molar refractivity (Wildman–Crippen MR) is 103 cm³/mol. The fraction of sp³-hybridized carbons (Fsp3) is 0.765. The first-order valence-corrected chi connectivity index (χ1v) is 11.9. The minimum atomic E-state index is -1.74. The Labute approximate surface area is 141 Å². The molecule has 0 bridgehead atoms. The number of allylic oxidation sites excluding steroid dienone is 2. The summed E-state index contributed by atoms with van der Waals surface area (Å²) in [5, 5.41) is 0.251. The maximum absolute atomic E-state index is 6.69. The summed E-state index contributed by atoms with van der Waals surface area (Å²) in [7, 11) is -1.74. The molecule has 1 nitrogen and oxygen atoms in total. The molecule has 0 fully saturated rings. The van der Waals surface area contributed by atoms with Crippen LogP contribution in [0.25, 0.3) is 0 Å². The van der Waals surface area contributed by atoms with E-state index in [0.717, 1.165) is 4.43 Å². The third kappa shape index (κ3) is 6.02. The van der Waals surface area contributed by atoms with Crippen LogP contribution in [-0.2, 0) is 4.43 Å². The maximum atomic E-state index is 6.69. The van der Waals surface area contributed by atoms with Crippen LogP contribution in [0.15, 0.2) is 23.3 Å². The van der Waals surface area contributed by atoms with Crippen LogP contribution < -0.4 is 0 Å². The normalized spacial score (nSPS) is 18.1. The molecule has 0 amide bonds. The third-order valence-electron chi connectivity index (χ3n) is 4.37. The van der Waals surface area contributed by atoms with Gasteiger partial charge < -0.3 is 4.43 Å². The molecule has 0 radical (unpaired) electrons. The van der Waals surface area contributed by atoms with Gasteiger partial charge in [0.2, 0.25) is 0 Å². The van der Waals surface area contributed by atoms with Gasteiger partial charge in [-0.05, 0) is 44.5 Å². The van der Waals surface area contributed by atoms with E-state index in [1.54, 1.807) is 0 Å². The van der Waals surface area contributed by atoms with Crippen LogP contribution in [0.4, 0.5) is 0 Å². The van der Waals surface area contributed by atoms with E-state index in [1.165, 1.54) is 11.1 Å². The van der Waals surface area contributed by atoms with E-state index in [4.69, 9.17) is 4.43 Å². The van der Waals surface area contributed by atoms with E-state index in [9.17, 15) is 0 Å².